The molecule has 1 aliphatic rings. The number of hydrogen-bond acceptors (Lipinski definition) is 3. The van der Waals surface area contributed by atoms with E-state index in [0.717, 1.165) is 12.8 Å². The summed E-state index contributed by atoms with van der Waals surface area (Å²) in [5.74, 6) is 1.26. The van der Waals surface area contributed by atoms with E-state index in [1.165, 1.54) is 17.6 Å². The summed E-state index contributed by atoms with van der Waals surface area (Å²) in [5.41, 5.74) is 1.38. The van der Waals surface area contributed by atoms with Crippen molar-refractivity contribution < 1.29 is 9.53 Å². The van der Waals surface area contributed by atoms with Crippen LogP contribution in [0, 0.1) is 18.8 Å². The van der Waals surface area contributed by atoms with Crippen LogP contribution in [0.4, 0.5) is 0 Å². The fraction of sp³-hybridized carbons (Fsp3) is 0.615. The third-order valence-corrected chi connectivity index (χ3v) is 4.68. The van der Waals surface area contributed by atoms with Crippen LogP contribution in [0.2, 0.25) is 0 Å². The van der Waals surface area contributed by atoms with Crippen molar-refractivity contribution in [3.05, 3.63) is 21.9 Å². The topological polar surface area (TPSA) is 26.3 Å². The van der Waals surface area contributed by atoms with Crippen molar-refractivity contribution in [3.63, 3.8) is 0 Å². The SMILES string of the molecule is COC(=O)C1CC1CC(C)c1sccc1C. The molecule has 0 spiro atoms. The molecule has 0 aromatic carbocycles. The standard InChI is InChI=1S/C13H18O2S/c1-8-4-5-16-12(8)9(2)6-10-7-11(10)13(14)15-3/h4-5,9-11H,6-7H2,1-3H3. The van der Waals surface area contributed by atoms with Gasteiger partial charge in [-0.1, -0.05) is 6.92 Å². The molecule has 16 heavy (non-hydrogen) atoms. The molecular formula is C13H18O2S. The largest absolute Gasteiger partial charge is 0.469 e. The second-order valence-corrected chi connectivity index (χ2v) is 5.68. The first-order valence-electron chi connectivity index (χ1n) is 5.75. The molecule has 1 aromatic heterocycles. The van der Waals surface area contributed by atoms with Gasteiger partial charge >= 0.3 is 5.97 Å². The molecule has 3 unspecified atom stereocenters. The maximum atomic E-state index is 11.3. The van der Waals surface area contributed by atoms with E-state index in [1.54, 1.807) is 0 Å². The van der Waals surface area contributed by atoms with E-state index in [2.05, 4.69) is 25.3 Å². The molecule has 1 aliphatic carbocycles. The van der Waals surface area contributed by atoms with Crippen LogP contribution in [-0.2, 0) is 9.53 Å². The molecule has 0 radical (unpaired) electrons. The summed E-state index contributed by atoms with van der Waals surface area (Å²) in [6, 6.07) is 2.17. The van der Waals surface area contributed by atoms with Gasteiger partial charge in [0.25, 0.3) is 0 Å². The molecule has 3 heteroatoms. The Morgan fingerprint density at radius 3 is 3.00 bits per heavy atom. The van der Waals surface area contributed by atoms with Gasteiger partial charge < -0.3 is 4.74 Å². The Labute approximate surface area is 101 Å². The van der Waals surface area contributed by atoms with E-state index in [9.17, 15) is 4.79 Å². The van der Waals surface area contributed by atoms with E-state index in [0.29, 0.717) is 11.8 Å². The lowest BCUT2D eigenvalue weighted by molar-refractivity contribution is -0.142. The summed E-state index contributed by atoms with van der Waals surface area (Å²) in [6.07, 6.45) is 2.13. The summed E-state index contributed by atoms with van der Waals surface area (Å²) >= 11 is 1.83. The lowest BCUT2D eigenvalue weighted by atomic mass is 9.99. The predicted molar refractivity (Wildman–Crippen MR) is 65.7 cm³/mol. The van der Waals surface area contributed by atoms with Crippen molar-refractivity contribution in [1.82, 2.24) is 0 Å². The second-order valence-electron chi connectivity index (χ2n) is 4.73. The Morgan fingerprint density at radius 2 is 2.44 bits per heavy atom. The van der Waals surface area contributed by atoms with Crippen LogP contribution >= 0.6 is 11.3 Å². The number of ether oxygens (including phenoxy) is 1. The third kappa shape index (κ3) is 2.29. The molecule has 1 heterocycles. The third-order valence-electron chi connectivity index (χ3n) is 3.43. The number of methoxy groups -OCH3 is 1. The highest BCUT2D eigenvalue weighted by molar-refractivity contribution is 7.10. The number of thiophene rings is 1. The molecule has 0 aliphatic heterocycles. The fourth-order valence-electron chi connectivity index (χ4n) is 2.40. The average Bonchev–Trinajstić information content (AvgIpc) is 2.89. The monoisotopic (exact) mass is 238 g/mol. The Hall–Kier alpha value is -0.830. The number of carbonyl (C=O) groups is 1. The first kappa shape index (κ1) is 11.6. The summed E-state index contributed by atoms with van der Waals surface area (Å²) in [6.45, 7) is 4.42. The van der Waals surface area contributed by atoms with Gasteiger partial charge in [0.1, 0.15) is 0 Å². The van der Waals surface area contributed by atoms with E-state index in [-0.39, 0.29) is 11.9 Å². The zero-order valence-electron chi connectivity index (χ0n) is 10.0. The quantitative estimate of drug-likeness (QED) is 0.752. The van der Waals surface area contributed by atoms with Crippen LogP contribution in [0.5, 0.6) is 0 Å². The molecule has 3 atom stereocenters. The lowest BCUT2D eigenvalue weighted by Gasteiger charge is -2.10. The minimum atomic E-state index is -0.0277. The number of carbonyl (C=O) groups excluding carboxylic acids is 1. The van der Waals surface area contributed by atoms with Gasteiger partial charge in [-0.05, 0) is 48.6 Å². The highest BCUT2D eigenvalue weighted by Crippen LogP contribution is 2.46. The molecule has 0 saturated heterocycles. The van der Waals surface area contributed by atoms with Gasteiger partial charge in [0, 0.05) is 4.88 Å². The predicted octanol–water partition coefficient (Wildman–Crippen LogP) is 3.36. The lowest BCUT2D eigenvalue weighted by Crippen LogP contribution is -2.05. The zero-order chi connectivity index (χ0) is 11.7. The van der Waals surface area contributed by atoms with Gasteiger partial charge in [0.15, 0.2) is 0 Å². The van der Waals surface area contributed by atoms with Gasteiger partial charge in [0.2, 0.25) is 0 Å². The number of rotatable bonds is 4. The maximum absolute atomic E-state index is 11.3. The molecule has 2 rings (SSSR count). The fourth-order valence-corrected chi connectivity index (χ4v) is 3.40. The van der Waals surface area contributed by atoms with Crippen molar-refractivity contribution in [2.75, 3.05) is 7.11 Å². The molecule has 0 N–H and O–H groups in total. The molecular weight excluding hydrogens is 220 g/mol. The van der Waals surface area contributed by atoms with Crippen molar-refractivity contribution in [2.45, 2.75) is 32.6 Å². The minimum absolute atomic E-state index is 0.0277. The van der Waals surface area contributed by atoms with E-state index >= 15 is 0 Å². The smallest absolute Gasteiger partial charge is 0.308 e. The number of aryl methyl sites for hydroxylation is 1. The number of esters is 1. The summed E-state index contributed by atoms with van der Waals surface area (Å²) < 4.78 is 4.76. The minimum Gasteiger partial charge on any atom is -0.469 e. The second kappa shape index (κ2) is 4.58. The highest BCUT2D eigenvalue weighted by Gasteiger charge is 2.44. The van der Waals surface area contributed by atoms with E-state index < -0.39 is 0 Å². The van der Waals surface area contributed by atoms with Crippen molar-refractivity contribution >= 4 is 17.3 Å². The van der Waals surface area contributed by atoms with E-state index in [4.69, 9.17) is 4.74 Å². The molecule has 2 nitrogen and oxygen atoms in total. The molecule has 0 bridgehead atoms. The maximum Gasteiger partial charge on any atom is 0.308 e. The summed E-state index contributed by atoms with van der Waals surface area (Å²) in [4.78, 5) is 12.8. The highest BCUT2D eigenvalue weighted by atomic mass is 32.1. The first-order chi connectivity index (χ1) is 7.63. The Morgan fingerprint density at radius 1 is 1.69 bits per heavy atom. The Kier molecular flexibility index (Phi) is 3.33. The Bertz CT molecular complexity index is 383. The zero-order valence-corrected chi connectivity index (χ0v) is 10.8. The average molecular weight is 238 g/mol. The summed E-state index contributed by atoms with van der Waals surface area (Å²) in [7, 11) is 1.48. The van der Waals surface area contributed by atoms with Crippen molar-refractivity contribution in [2.24, 2.45) is 11.8 Å². The van der Waals surface area contributed by atoms with Gasteiger partial charge in [-0.2, -0.15) is 0 Å². The normalized spacial score (nSPS) is 25.2. The van der Waals surface area contributed by atoms with Crippen molar-refractivity contribution in [3.8, 4) is 0 Å². The number of hydrogen-bond donors (Lipinski definition) is 0. The van der Waals surface area contributed by atoms with Gasteiger partial charge in [-0.15, -0.1) is 11.3 Å². The molecule has 1 saturated carbocycles. The molecule has 88 valence electrons. The molecule has 1 aromatic rings. The Balaban J connectivity index is 1.88. The van der Waals surface area contributed by atoms with Gasteiger partial charge in [-0.3, -0.25) is 4.79 Å². The van der Waals surface area contributed by atoms with E-state index in [1.807, 2.05) is 11.3 Å². The van der Waals surface area contributed by atoms with Crippen LogP contribution in [-0.4, -0.2) is 13.1 Å². The van der Waals surface area contributed by atoms with Gasteiger partial charge in [0.05, 0.1) is 13.0 Å². The van der Waals surface area contributed by atoms with Crippen LogP contribution in [0.1, 0.15) is 36.1 Å². The molecule has 0 amide bonds. The van der Waals surface area contributed by atoms with Crippen LogP contribution in [0.25, 0.3) is 0 Å². The van der Waals surface area contributed by atoms with Crippen LogP contribution in [0.15, 0.2) is 11.4 Å². The van der Waals surface area contributed by atoms with Crippen LogP contribution in [0.3, 0.4) is 0 Å². The molecule has 1 fully saturated rings. The van der Waals surface area contributed by atoms with Crippen LogP contribution < -0.4 is 0 Å². The van der Waals surface area contributed by atoms with Crippen molar-refractivity contribution in [1.29, 1.82) is 0 Å². The van der Waals surface area contributed by atoms with Gasteiger partial charge in [-0.25, -0.2) is 0 Å². The first-order valence-corrected chi connectivity index (χ1v) is 6.63. The summed E-state index contributed by atoms with van der Waals surface area (Å²) in [5, 5.41) is 2.14.